The Hall–Kier alpha value is -2.96. The van der Waals surface area contributed by atoms with Gasteiger partial charge in [-0.15, -0.1) is 0 Å². The molecule has 6 rings (SSSR count). The predicted octanol–water partition coefficient (Wildman–Crippen LogP) is 4.30. The molecule has 2 N–H and O–H groups in total. The van der Waals surface area contributed by atoms with Gasteiger partial charge in [0.05, 0.1) is 12.9 Å². The van der Waals surface area contributed by atoms with Gasteiger partial charge in [-0.25, -0.2) is 15.0 Å². The lowest BCUT2D eigenvalue weighted by molar-refractivity contribution is -0.129. The standard InChI is InChI=1S/C26H31N5O2/c1-26-10-9-19-18-6-4-17(13-16(18)3-5-20(19)21(26)7-8-22(26)32)33-12-2-11-31-15-30-23-24(27)28-14-29-25(23)31/h4,6,13-15,19-21H,2-3,5,7-12H2,1H3,(H2,27,28,29). The van der Waals surface area contributed by atoms with Crippen LogP contribution in [-0.4, -0.2) is 31.9 Å². The van der Waals surface area contributed by atoms with Gasteiger partial charge in [0, 0.05) is 18.4 Å². The van der Waals surface area contributed by atoms with Gasteiger partial charge in [-0.2, -0.15) is 0 Å². The van der Waals surface area contributed by atoms with Crippen molar-refractivity contribution in [3.8, 4) is 5.75 Å². The van der Waals surface area contributed by atoms with Crippen molar-refractivity contribution in [2.45, 2.75) is 64.3 Å². The summed E-state index contributed by atoms with van der Waals surface area (Å²) >= 11 is 0. The predicted molar refractivity (Wildman–Crippen MR) is 126 cm³/mol. The number of ether oxygens (including phenoxy) is 1. The van der Waals surface area contributed by atoms with Crippen LogP contribution < -0.4 is 10.5 Å². The van der Waals surface area contributed by atoms with Crippen LogP contribution in [0.4, 0.5) is 5.82 Å². The minimum Gasteiger partial charge on any atom is -0.494 e. The van der Waals surface area contributed by atoms with Gasteiger partial charge in [0.15, 0.2) is 11.5 Å². The van der Waals surface area contributed by atoms with E-state index in [2.05, 4.69) is 40.1 Å². The summed E-state index contributed by atoms with van der Waals surface area (Å²) in [6.45, 7) is 3.64. The highest BCUT2D eigenvalue weighted by Gasteiger charge is 2.54. The maximum atomic E-state index is 12.5. The van der Waals surface area contributed by atoms with Crippen LogP contribution in [0.15, 0.2) is 30.9 Å². The molecule has 4 atom stereocenters. The topological polar surface area (TPSA) is 95.9 Å². The molecule has 0 aliphatic heterocycles. The molecular weight excluding hydrogens is 414 g/mol. The Morgan fingerprint density at radius 1 is 1.18 bits per heavy atom. The zero-order valence-electron chi connectivity index (χ0n) is 19.2. The van der Waals surface area contributed by atoms with Gasteiger partial charge in [0.2, 0.25) is 0 Å². The van der Waals surface area contributed by atoms with Crippen LogP contribution in [0.1, 0.15) is 62.5 Å². The molecule has 2 saturated carbocycles. The van der Waals surface area contributed by atoms with E-state index < -0.39 is 0 Å². The van der Waals surface area contributed by atoms with E-state index in [-0.39, 0.29) is 5.41 Å². The minimum absolute atomic E-state index is 0.0555. The number of fused-ring (bicyclic) bond motifs is 6. The van der Waals surface area contributed by atoms with Crippen LogP contribution in [0.5, 0.6) is 5.75 Å². The molecule has 7 heteroatoms. The van der Waals surface area contributed by atoms with Crippen LogP contribution >= 0.6 is 0 Å². The smallest absolute Gasteiger partial charge is 0.165 e. The number of aryl methyl sites for hydroxylation is 2. The summed E-state index contributed by atoms with van der Waals surface area (Å²) in [5.74, 6) is 3.72. The maximum Gasteiger partial charge on any atom is 0.165 e. The molecule has 3 aliphatic rings. The second kappa shape index (κ2) is 7.82. The number of hydrogen-bond acceptors (Lipinski definition) is 6. The molecule has 2 fully saturated rings. The molecule has 0 bridgehead atoms. The average molecular weight is 446 g/mol. The molecule has 33 heavy (non-hydrogen) atoms. The number of carbonyl (C=O) groups is 1. The summed E-state index contributed by atoms with van der Waals surface area (Å²) in [6, 6.07) is 6.68. The summed E-state index contributed by atoms with van der Waals surface area (Å²) in [6.07, 6.45) is 10.5. The molecule has 0 amide bonds. The van der Waals surface area contributed by atoms with Gasteiger partial charge in [0.25, 0.3) is 0 Å². The molecule has 3 aliphatic carbocycles. The molecule has 172 valence electrons. The number of nitrogen functional groups attached to an aromatic ring is 1. The van der Waals surface area contributed by atoms with Crippen molar-refractivity contribution in [3.63, 3.8) is 0 Å². The van der Waals surface area contributed by atoms with Crippen molar-refractivity contribution < 1.29 is 9.53 Å². The first-order valence-corrected chi connectivity index (χ1v) is 12.2. The summed E-state index contributed by atoms with van der Waals surface area (Å²) in [5.41, 5.74) is 10.2. The fourth-order valence-corrected chi connectivity index (χ4v) is 6.91. The van der Waals surface area contributed by atoms with E-state index in [9.17, 15) is 4.79 Å². The Bertz CT molecular complexity index is 1220. The van der Waals surface area contributed by atoms with Gasteiger partial charge < -0.3 is 15.0 Å². The third-order valence-corrected chi connectivity index (χ3v) is 8.65. The lowest BCUT2D eigenvalue weighted by Gasteiger charge is -2.48. The number of aromatic nitrogens is 4. The van der Waals surface area contributed by atoms with Crippen molar-refractivity contribution in [2.75, 3.05) is 12.3 Å². The normalized spacial score (nSPS) is 28.4. The van der Waals surface area contributed by atoms with Crippen LogP contribution in [0.2, 0.25) is 0 Å². The third kappa shape index (κ3) is 3.31. The van der Waals surface area contributed by atoms with Crippen molar-refractivity contribution in [3.05, 3.63) is 42.0 Å². The van der Waals surface area contributed by atoms with Gasteiger partial charge in [-0.05, 0) is 79.5 Å². The summed E-state index contributed by atoms with van der Waals surface area (Å²) in [5, 5.41) is 0. The average Bonchev–Trinajstić information content (AvgIpc) is 3.38. The second-order valence-electron chi connectivity index (χ2n) is 10.3. The molecule has 4 unspecified atom stereocenters. The zero-order chi connectivity index (χ0) is 22.6. The minimum atomic E-state index is -0.0555. The zero-order valence-corrected chi connectivity index (χ0v) is 19.2. The van der Waals surface area contributed by atoms with E-state index in [1.165, 1.54) is 23.9 Å². The number of anilines is 1. The Balaban J connectivity index is 1.10. The summed E-state index contributed by atoms with van der Waals surface area (Å²) in [7, 11) is 0. The molecule has 2 aromatic heterocycles. The van der Waals surface area contributed by atoms with Crippen LogP contribution in [0.25, 0.3) is 11.2 Å². The number of imidazole rings is 1. The Kier molecular flexibility index (Phi) is 4.89. The Morgan fingerprint density at radius 2 is 2.09 bits per heavy atom. The summed E-state index contributed by atoms with van der Waals surface area (Å²) in [4.78, 5) is 25.1. The fraction of sp³-hybridized carbons (Fsp3) is 0.538. The van der Waals surface area contributed by atoms with Crippen molar-refractivity contribution in [2.24, 2.45) is 17.3 Å². The highest BCUT2D eigenvalue weighted by molar-refractivity contribution is 5.87. The summed E-state index contributed by atoms with van der Waals surface area (Å²) < 4.78 is 8.10. The number of hydrogen-bond donors (Lipinski definition) is 1. The van der Waals surface area contributed by atoms with Gasteiger partial charge in [-0.1, -0.05) is 13.0 Å². The molecule has 7 nitrogen and oxygen atoms in total. The largest absolute Gasteiger partial charge is 0.494 e. The number of benzene rings is 1. The van der Waals surface area contributed by atoms with E-state index in [1.54, 1.807) is 6.33 Å². The molecule has 1 aromatic carbocycles. The lowest BCUT2D eigenvalue weighted by atomic mass is 9.55. The van der Waals surface area contributed by atoms with Crippen molar-refractivity contribution in [1.82, 2.24) is 19.5 Å². The Morgan fingerprint density at radius 3 is 3.00 bits per heavy atom. The van der Waals surface area contributed by atoms with Gasteiger partial charge in [-0.3, -0.25) is 4.79 Å². The molecule has 0 spiro atoms. The first-order chi connectivity index (χ1) is 16.0. The number of nitrogens with two attached hydrogens (primary N) is 1. The van der Waals surface area contributed by atoms with Crippen LogP contribution in [-0.2, 0) is 17.8 Å². The van der Waals surface area contributed by atoms with Crippen molar-refractivity contribution >= 4 is 22.8 Å². The van der Waals surface area contributed by atoms with E-state index in [1.807, 2.05) is 4.57 Å². The maximum absolute atomic E-state index is 12.5. The number of carbonyl (C=O) groups excluding carboxylic acids is 1. The Labute approximate surface area is 193 Å². The number of rotatable bonds is 5. The highest BCUT2D eigenvalue weighted by atomic mass is 16.5. The van der Waals surface area contributed by atoms with Gasteiger partial charge in [0.1, 0.15) is 23.4 Å². The van der Waals surface area contributed by atoms with E-state index in [0.717, 1.165) is 56.5 Å². The van der Waals surface area contributed by atoms with Crippen LogP contribution in [0.3, 0.4) is 0 Å². The fourth-order valence-electron chi connectivity index (χ4n) is 6.91. The van der Waals surface area contributed by atoms with E-state index >= 15 is 0 Å². The lowest BCUT2D eigenvalue weighted by Crippen LogP contribution is -2.42. The first-order valence-electron chi connectivity index (χ1n) is 12.2. The highest BCUT2D eigenvalue weighted by Crippen LogP contribution is 2.59. The molecule has 0 radical (unpaired) electrons. The number of Topliss-reactive ketones (excluding diaryl/α,β-unsaturated/α-hetero) is 1. The molecule has 2 heterocycles. The van der Waals surface area contributed by atoms with Gasteiger partial charge >= 0.3 is 0 Å². The molecular formula is C26H31N5O2. The van der Waals surface area contributed by atoms with Crippen molar-refractivity contribution in [1.29, 1.82) is 0 Å². The monoisotopic (exact) mass is 445 g/mol. The van der Waals surface area contributed by atoms with Crippen LogP contribution in [0, 0.1) is 17.3 Å². The third-order valence-electron chi connectivity index (χ3n) is 8.65. The van der Waals surface area contributed by atoms with E-state index in [0.29, 0.717) is 41.5 Å². The second-order valence-corrected chi connectivity index (χ2v) is 10.3. The quantitative estimate of drug-likeness (QED) is 0.588. The van der Waals surface area contributed by atoms with E-state index in [4.69, 9.17) is 10.5 Å². The molecule has 0 saturated heterocycles. The molecule has 3 aromatic rings. The first kappa shape index (κ1) is 20.6. The number of ketones is 1. The SMILES string of the molecule is CC12CCC3c4ccc(OCCCn5cnc6c(N)ncnc65)cc4CCC3C1CCC2=O. The number of nitrogens with zero attached hydrogens (tertiary/aromatic N) is 4.